The van der Waals surface area contributed by atoms with Crippen LogP contribution in [0, 0.1) is 0 Å². The number of rotatable bonds is 9. The maximum Gasteiger partial charge on any atom is 0.303 e. The number of piperidine rings is 1. The van der Waals surface area contributed by atoms with Crippen molar-refractivity contribution < 1.29 is 19.4 Å². The quantitative estimate of drug-likeness (QED) is 0.379. The summed E-state index contributed by atoms with van der Waals surface area (Å²) in [4.78, 5) is 29.7. The molecule has 37 heavy (non-hydrogen) atoms. The van der Waals surface area contributed by atoms with Crippen LogP contribution < -0.4 is 0 Å². The highest BCUT2D eigenvalue weighted by Gasteiger charge is 2.60. The fourth-order valence-corrected chi connectivity index (χ4v) is 6.71. The lowest BCUT2D eigenvalue weighted by Crippen LogP contribution is -2.68. The average molecular weight is 507 g/mol. The topological polar surface area (TPSA) is 70.1 Å². The van der Waals surface area contributed by atoms with Crippen molar-refractivity contribution in [2.75, 3.05) is 27.2 Å². The van der Waals surface area contributed by atoms with Gasteiger partial charge >= 0.3 is 5.97 Å². The third-order valence-electron chi connectivity index (χ3n) is 8.66. The van der Waals surface area contributed by atoms with Crippen LogP contribution in [0.3, 0.4) is 0 Å². The summed E-state index contributed by atoms with van der Waals surface area (Å²) in [5.74, 6) is 0.117. The molecule has 1 N–H and O–H groups in total. The highest BCUT2D eigenvalue weighted by Crippen LogP contribution is 2.54. The van der Waals surface area contributed by atoms with Crippen molar-refractivity contribution in [3.8, 4) is 5.75 Å². The highest BCUT2D eigenvalue weighted by molar-refractivity contribution is 5.76. The molecule has 1 aliphatic heterocycles. The Morgan fingerprint density at radius 1 is 1.08 bits per heavy atom. The summed E-state index contributed by atoms with van der Waals surface area (Å²) >= 11 is 0. The van der Waals surface area contributed by atoms with Gasteiger partial charge in [-0.2, -0.15) is 0 Å². The number of carbonyl (C=O) groups excluding carboxylic acids is 2. The molecule has 3 atom stereocenters. The number of phenols is 1. The summed E-state index contributed by atoms with van der Waals surface area (Å²) in [6.07, 6.45) is 7.61. The average Bonchev–Trinajstić information content (AvgIpc) is 2.87. The second kappa shape index (κ2) is 11.7. The molecule has 200 valence electrons. The number of aryl methyl sites for hydroxylation is 1. The summed E-state index contributed by atoms with van der Waals surface area (Å²) in [6, 6.07) is 18.0. The van der Waals surface area contributed by atoms with E-state index in [0.717, 1.165) is 50.6 Å². The van der Waals surface area contributed by atoms with Crippen LogP contribution in [0.2, 0.25) is 0 Å². The van der Waals surface area contributed by atoms with Gasteiger partial charge in [-0.15, -0.1) is 0 Å². The molecule has 1 saturated heterocycles. The van der Waals surface area contributed by atoms with Gasteiger partial charge in [0.1, 0.15) is 11.4 Å². The van der Waals surface area contributed by atoms with Crippen molar-refractivity contribution >= 4 is 11.9 Å². The van der Waals surface area contributed by atoms with E-state index < -0.39 is 11.0 Å². The molecule has 0 radical (unpaired) electrons. The zero-order chi connectivity index (χ0) is 26.5. The van der Waals surface area contributed by atoms with Gasteiger partial charge in [0.2, 0.25) is 5.91 Å². The van der Waals surface area contributed by atoms with Gasteiger partial charge in [0.15, 0.2) is 0 Å². The molecule has 0 bridgehead atoms. The number of amides is 1. The van der Waals surface area contributed by atoms with Crippen molar-refractivity contribution in [2.45, 2.75) is 81.8 Å². The summed E-state index contributed by atoms with van der Waals surface area (Å²) in [5.41, 5.74) is 1.20. The minimum atomic E-state index is -0.683. The van der Waals surface area contributed by atoms with E-state index in [9.17, 15) is 14.7 Å². The predicted octanol–water partition coefficient (Wildman–Crippen LogP) is 5.08. The number of likely N-dealkylation sites (tertiary alicyclic amines) is 1. The van der Waals surface area contributed by atoms with E-state index in [1.807, 2.05) is 36.2 Å². The SMILES string of the molecule is CC(=O)O[C@]12CC[C@@H](N(C)C(=O)CCCCCc3ccccc3)C[C@]1(c1cccc(O)c1)CCN(C)C2. The number of esters is 1. The summed E-state index contributed by atoms with van der Waals surface area (Å²) in [7, 11) is 4.00. The van der Waals surface area contributed by atoms with Crippen LogP contribution in [0.25, 0.3) is 0 Å². The predicted molar refractivity (Wildman–Crippen MR) is 145 cm³/mol. The van der Waals surface area contributed by atoms with E-state index in [4.69, 9.17) is 4.74 Å². The van der Waals surface area contributed by atoms with Crippen molar-refractivity contribution in [2.24, 2.45) is 0 Å². The minimum absolute atomic E-state index is 0.0613. The fourth-order valence-electron chi connectivity index (χ4n) is 6.71. The first-order valence-electron chi connectivity index (χ1n) is 13.7. The molecule has 1 aliphatic carbocycles. The molecular weight excluding hydrogens is 464 g/mol. The molecule has 1 heterocycles. The maximum atomic E-state index is 13.2. The van der Waals surface area contributed by atoms with Crippen LogP contribution in [0.4, 0.5) is 0 Å². The number of phenolic OH excluding ortho intramolecular Hbond substituents is 1. The summed E-state index contributed by atoms with van der Waals surface area (Å²) in [5, 5.41) is 10.3. The first-order chi connectivity index (χ1) is 17.7. The van der Waals surface area contributed by atoms with E-state index in [1.54, 1.807) is 6.07 Å². The molecule has 0 aromatic heterocycles. The van der Waals surface area contributed by atoms with Gasteiger partial charge in [0, 0.05) is 38.4 Å². The lowest BCUT2D eigenvalue weighted by Gasteiger charge is -2.59. The molecule has 2 aliphatic rings. The van der Waals surface area contributed by atoms with Gasteiger partial charge in [0.05, 0.1) is 0 Å². The van der Waals surface area contributed by atoms with Crippen LogP contribution >= 0.6 is 0 Å². The van der Waals surface area contributed by atoms with Gasteiger partial charge in [-0.3, -0.25) is 9.59 Å². The molecular formula is C31H42N2O4. The molecule has 6 nitrogen and oxygen atoms in total. The van der Waals surface area contributed by atoms with E-state index in [0.29, 0.717) is 25.8 Å². The Bertz CT molecular complexity index is 1070. The second-order valence-electron chi connectivity index (χ2n) is 11.2. The Hall–Kier alpha value is -2.86. The Kier molecular flexibility index (Phi) is 8.58. The number of benzene rings is 2. The monoisotopic (exact) mass is 506 g/mol. The number of hydrogen-bond donors (Lipinski definition) is 1. The molecule has 2 aromatic rings. The zero-order valence-corrected chi connectivity index (χ0v) is 22.6. The number of unbranched alkanes of at least 4 members (excludes halogenated alkanes) is 2. The first kappa shape index (κ1) is 27.2. The number of likely N-dealkylation sites (N-methyl/N-ethyl adjacent to an activating group) is 1. The molecule has 1 saturated carbocycles. The fraction of sp³-hybridized carbons (Fsp3) is 0.548. The van der Waals surface area contributed by atoms with Crippen LogP contribution in [-0.4, -0.2) is 65.6 Å². The van der Waals surface area contributed by atoms with Crippen molar-refractivity contribution in [3.63, 3.8) is 0 Å². The zero-order valence-electron chi connectivity index (χ0n) is 22.6. The molecule has 2 aromatic carbocycles. The molecule has 1 amide bonds. The van der Waals surface area contributed by atoms with Crippen molar-refractivity contribution in [1.29, 1.82) is 0 Å². The van der Waals surface area contributed by atoms with E-state index >= 15 is 0 Å². The van der Waals surface area contributed by atoms with Crippen molar-refractivity contribution in [3.05, 3.63) is 65.7 Å². The minimum Gasteiger partial charge on any atom is -0.508 e. The Morgan fingerprint density at radius 3 is 2.59 bits per heavy atom. The van der Waals surface area contributed by atoms with Crippen LogP contribution in [0.5, 0.6) is 5.75 Å². The summed E-state index contributed by atoms with van der Waals surface area (Å²) in [6.45, 7) is 2.99. The van der Waals surface area contributed by atoms with E-state index in [-0.39, 0.29) is 23.7 Å². The Labute approximate surface area is 221 Å². The number of hydrogen-bond acceptors (Lipinski definition) is 5. The van der Waals surface area contributed by atoms with Gasteiger partial charge in [0.25, 0.3) is 0 Å². The van der Waals surface area contributed by atoms with Crippen molar-refractivity contribution in [1.82, 2.24) is 9.80 Å². The highest BCUT2D eigenvalue weighted by atomic mass is 16.6. The lowest BCUT2D eigenvalue weighted by atomic mass is 9.55. The van der Waals surface area contributed by atoms with Crippen LogP contribution in [0.1, 0.15) is 69.4 Å². The van der Waals surface area contributed by atoms with E-state index in [1.165, 1.54) is 12.5 Å². The third-order valence-corrected chi connectivity index (χ3v) is 8.66. The summed E-state index contributed by atoms with van der Waals surface area (Å²) < 4.78 is 6.20. The number of aromatic hydroxyl groups is 1. The number of nitrogens with zero attached hydrogens (tertiary/aromatic N) is 2. The largest absolute Gasteiger partial charge is 0.508 e. The van der Waals surface area contributed by atoms with Gasteiger partial charge < -0.3 is 19.6 Å². The molecule has 2 fully saturated rings. The maximum absolute atomic E-state index is 13.2. The Balaban J connectivity index is 1.46. The number of ether oxygens (including phenoxy) is 1. The van der Waals surface area contributed by atoms with Crippen LogP contribution in [0.15, 0.2) is 54.6 Å². The number of carbonyl (C=O) groups is 2. The Morgan fingerprint density at radius 2 is 1.86 bits per heavy atom. The van der Waals surface area contributed by atoms with Gasteiger partial charge in [-0.25, -0.2) is 0 Å². The first-order valence-corrected chi connectivity index (χ1v) is 13.7. The number of fused-ring (bicyclic) bond motifs is 1. The lowest BCUT2D eigenvalue weighted by molar-refractivity contribution is -0.188. The normalized spacial score (nSPS) is 25.8. The van der Waals surface area contributed by atoms with E-state index in [2.05, 4.69) is 36.2 Å². The van der Waals surface area contributed by atoms with Gasteiger partial charge in [-0.1, -0.05) is 48.9 Å². The second-order valence-corrected chi connectivity index (χ2v) is 11.2. The standard InChI is InChI=1S/C31H42N2O4/c1-24(34)37-31-18-17-27(33(3)29(36)16-9-5-8-13-25-11-6-4-7-12-25)22-30(31,19-20-32(2)23-31)26-14-10-15-28(35)21-26/h4,6-7,10-12,14-15,21,27,35H,5,8-9,13,16-20,22-23H2,1-3H3/t27-,30+,31+/m1/s1. The smallest absolute Gasteiger partial charge is 0.303 e. The van der Waals surface area contributed by atoms with Gasteiger partial charge in [-0.05, 0) is 81.8 Å². The third kappa shape index (κ3) is 6.01. The molecule has 0 unspecified atom stereocenters. The van der Waals surface area contributed by atoms with Crippen LogP contribution in [-0.2, 0) is 26.2 Å². The molecule has 6 heteroatoms. The molecule has 0 spiro atoms. The molecule has 4 rings (SSSR count).